The molecule has 2 amide bonds. The van der Waals surface area contributed by atoms with Crippen molar-refractivity contribution < 1.29 is 18.4 Å². The molecule has 0 saturated carbocycles. The van der Waals surface area contributed by atoms with Crippen LogP contribution in [0.5, 0.6) is 0 Å². The minimum absolute atomic E-state index is 0.0216. The number of halogens is 2. The van der Waals surface area contributed by atoms with E-state index in [1.165, 1.54) is 6.07 Å². The summed E-state index contributed by atoms with van der Waals surface area (Å²) in [5.74, 6) is -2.58. The Morgan fingerprint density at radius 3 is 2.61 bits per heavy atom. The second-order valence-electron chi connectivity index (χ2n) is 5.82. The summed E-state index contributed by atoms with van der Waals surface area (Å²) >= 11 is 0. The van der Waals surface area contributed by atoms with Crippen molar-refractivity contribution in [3.8, 4) is 0 Å². The lowest BCUT2D eigenvalue weighted by Gasteiger charge is -2.21. The van der Waals surface area contributed by atoms with Crippen molar-refractivity contribution in [1.82, 2.24) is 5.32 Å². The normalized spacial score (nSPS) is 20.5. The predicted octanol–water partition coefficient (Wildman–Crippen LogP) is 1.56. The van der Waals surface area contributed by atoms with Crippen LogP contribution in [-0.4, -0.2) is 30.4 Å². The first-order valence-electron chi connectivity index (χ1n) is 7.68. The molecule has 7 heteroatoms. The molecular formula is C16H21F2N3O2. The van der Waals surface area contributed by atoms with Crippen molar-refractivity contribution in [2.75, 3.05) is 11.4 Å². The summed E-state index contributed by atoms with van der Waals surface area (Å²) < 4.78 is 27.6. The van der Waals surface area contributed by atoms with Gasteiger partial charge in [0.15, 0.2) is 0 Å². The van der Waals surface area contributed by atoms with E-state index in [4.69, 9.17) is 5.73 Å². The molecule has 1 fully saturated rings. The van der Waals surface area contributed by atoms with Crippen LogP contribution >= 0.6 is 0 Å². The van der Waals surface area contributed by atoms with E-state index in [1.807, 2.05) is 13.8 Å². The summed E-state index contributed by atoms with van der Waals surface area (Å²) in [6, 6.07) is 1.90. The van der Waals surface area contributed by atoms with Gasteiger partial charge in [-0.3, -0.25) is 9.59 Å². The Morgan fingerprint density at radius 2 is 2.04 bits per heavy atom. The number of hydrogen-bond acceptors (Lipinski definition) is 3. The number of amides is 2. The molecule has 2 rings (SSSR count). The largest absolute Gasteiger partial charge is 0.343 e. The van der Waals surface area contributed by atoms with Gasteiger partial charge in [0, 0.05) is 6.54 Å². The van der Waals surface area contributed by atoms with Crippen LogP contribution in [0, 0.1) is 17.6 Å². The van der Waals surface area contributed by atoms with Crippen LogP contribution in [0.4, 0.5) is 14.5 Å². The highest BCUT2D eigenvalue weighted by atomic mass is 19.1. The quantitative estimate of drug-likeness (QED) is 0.863. The number of anilines is 1. The summed E-state index contributed by atoms with van der Waals surface area (Å²) in [7, 11) is 0. The number of nitrogens with one attached hydrogen (secondary N) is 1. The van der Waals surface area contributed by atoms with Crippen molar-refractivity contribution in [2.24, 2.45) is 11.7 Å². The van der Waals surface area contributed by atoms with E-state index in [2.05, 4.69) is 5.32 Å². The smallest absolute Gasteiger partial charge is 0.249 e. The molecule has 0 aliphatic carbocycles. The van der Waals surface area contributed by atoms with E-state index in [0.29, 0.717) is 0 Å². The Morgan fingerprint density at radius 1 is 1.43 bits per heavy atom. The Balaban J connectivity index is 2.09. The van der Waals surface area contributed by atoms with Crippen LogP contribution in [0.25, 0.3) is 0 Å². The third-order valence-corrected chi connectivity index (χ3v) is 4.29. The molecule has 23 heavy (non-hydrogen) atoms. The van der Waals surface area contributed by atoms with Crippen molar-refractivity contribution >= 4 is 17.5 Å². The van der Waals surface area contributed by atoms with Crippen LogP contribution in [0.15, 0.2) is 18.2 Å². The lowest BCUT2D eigenvalue weighted by molar-refractivity contribution is -0.128. The van der Waals surface area contributed by atoms with Crippen molar-refractivity contribution in [2.45, 2.75) is 38.8 Å². The maximum Gasteiger partial charge on any atom is 0.249 e. The summed E-state index contributed by atoms with van der Waals surface area (Å²) in [6.07, 6.45) is 1.02. The van der Waals surface area contributed by atoms with Gasteiger partial charge < -0.3 is 16.0 Å². The van der Waals surface area contributed by atoms with E-state index in [9.17, 15) is 18.4 Å². The zero-order valence-corrected chi connectivity index (χ0v) is 13.2. The Kier molecular flexibility index (Phi) is 5.30. The summed E-state index contributed by atoms with van der Waals surface area (Å²) in [5.41, 5.74) is 5.46. The number of benzene rings is 1. The molecule has 1 saturated heterocycles. The van der Waals surface area contributed by atoms with E-state index >= 15 is 0 Å². The van der Waals surface area contributed by atoms with Crippen LogP contribution in [0.3, 0.4) is 0 Å². The number of hydrogen-bond donors (Lipinski definition) is 2. The summed E-state index contributed by atoms with van der Waals surface area (Å²) in [6.45, 7) is 3.91. The first kappa shape index (κ1) is 17.3. The monoisotopic (exact) mass is 325 g/mol. The SMILES string of the molecule is CCC(C)C(N)C(=O)NC1CCN(c2c(F)cccc2F)C1=O. The van der Waals surface area contributed by atoms with Gasteiger partial charge in [0.05, 0.1) is 6.04 Å². The highest BCUT2D eigenvalue weighted by Gasteiger charge is 2.37. The Bertz CT molecular complexity index is 589. The molecule has 3 unspecified atom stereocenters. The van der Waals surface area contributed by atoms with Gasteiger partial charge >= 0.3 is 0 Å². The zero-order valence-electron chi connectivity index (χ0n) is 13.2. The molecule has 0 spiro atoms. The van der Waals surface area contributed by atoms with Crippen molar-refractivity contribution in [3.05, 3.63) is 29.8 Å². The van der Waals surface area contributed by atoms with Crippen LogP contribution in [-0.2, 0) is 9.59 Å². The maximum atomic E-state index is 13.8. The number of para-hydroxylation sites is 1. The summed E-state index contributed by atoms with van der Waals surface area (Å²) in [4.78, 5) is 25.4. The second-order valence-corrected chi connectivity index (χ2v) is 5.82. The molecule has 1 aliphatic rings. The van der Waals surface area contributed by atoms with Crippen molar-refractivity contribution in [1.29, 1.82) is 0 Å². The van der Waals surface area contributed by atoms with Crippen molar-refractivity contribution in [3.63, 3.8) is 0 Å². The van der Waals surface area contributed by atoms with E-state index in [-0.39, 0.29) is 24.6 Å². The lowest BCUT2D eigenvalue weighted by Crippen LogP contribution is -2.50. The van der Waals surface area contributed by atoms with E-state index in [0.717, 1.165) is 23.5 Å². The lowest BCUT2D eigenvalue weighted by atomic mass is 9.99. The molecule has 1 aliphatic heterocycles. The molecule has 1 aromatic rings. The van der Waals surface area contributed by atoms with Crippen LogP contribution in [0.2, 0.25) is 0 Å². The Labute approximate surface area is 133 Å². The summed E-state index contributed by atoms with van der Waals surface area (Å²) in [5, 5.41) is 2.58. The highest BCUT2D eigenvalue weighted by Crippen LogP contribution is 2.27. The standard InChI is InChI=1S/C16H21F2N3O2/c1-3-9(2)13(19)15(22)20-12-7-8-21(16(12)23)14-10(17)5-4-6-11(14)18/h4-6,9,12-13H,3,7-8,19H2,1-2H3,(H,20,22). The molecule has 1 aromatic carbocycles. The van der Waals surface area contributed by atoms with Gasteiger partial charge in [0.25, 0.3) is 0 Å². The van der Waals surface area contributed by atoms with Gasteiger partial charge in [-0.15, -0.1) is 0 Å². The maximum absolute atomic E-state index is 13.8. The third-order valence-electron chi connectivity index (χ3n) is 4.29. The first-order chi connectivity index (χ1) is 10.9. The fourth-order valence-corrected chi connectivity index (χ4v) is 2.56. The molecule has 3 N–H and O–H groups in total. The molecule has 126 valence electrons. The number of rotatable bonds is 5. The number of carbonyl (C=O) groups is 2. The molecule has 0 radical (unpaired) electrons. The zero-order chi connectivity index (χ0) is 17.1. The molecule has 0 aromatic heterocycles. The van der Waals surface area contributed by atoms with Gasteiger partial charge in [-0.2, -0.15) is 0 Å². The van der Waals surface area contributed by atoms with E-state index < -0.39 is 35.5 Å². The minimum Gasteiger partial charge on any atom is -0.343 e. The highest BCUT2D eigenvalue weighted by molar-refractivity contribution is 6.01. The predicted molar refractivity (Wildman–Crippen MR) is 82.7 cm³/mol. The van der Waals surface area contributed by atoms with Gasteiger partial charge in [-0.25, -0.2) is 8.78 Å². The molecule has 5 nitrogen and oxygen atoms in total. The van der Waals surface area contributed by atoms with Gasteiger partial charge in [0.2, 0.25) is 11.8 Å². The fraction of sp³-hybridized carbons (Fsp3) is 0.500. The molecule has 1 heterocycles. The molecule has 0 bridgehead atoms. The number of carbonyl (C=O) groups excluding carboxylic acids is 2. The minimum atomic E-state index is -0.809. The van der Waals surface area contributed by atoms with Crippen LogP contribution in [0.1, 0.15) is 26.7 Å². The third kappa shape index (κ3) is 3.50. The topological polar surface area (TPSA) is 75.4 Å². The average molecular weight is 325 g/mol. The number of nitrogens with zero attached hydrogens (tertiary/aromatic N) is 1. The van der Waals surface area contributed by atoms with Gasteiger partial charge in [-0.1, -0.05) is 26.3 Å². The fourth-order valence-electron chi connectivity index (χ4n) is 2.56. The average Bonchev–Trinajstić information content (AvgIpc) is 2.87. The van der Waals surface area contributed by atoms with Crippen LogP contribution < -0.4 is 16.0 Å². The number of nitrogens with two attached hydrogens (primary N) is 1. The molecular weight excluding hydrogens is 304 g/mol. The van der Waals surface area contributed by atoms with Gasteiger partial charge in [0.1, 0.15) is 23.4 Å². The molecule has 3 atom stereocenters. The van der Waals surface area contributed by atoms with E-state index in [1.54, 1.807) is 0 Å². The Hall–Kier alpha value is -2.02. The second kappa shape index (κ2) is 7.04. The van der Waals surface area contributed by atoms with Gasteiger partial charge in [-0.05, 0) is 24.5 Å². The first-order valence-corrected chi connectivity index (χ1v) is 7.68.